The minimum Gasteiger partial charge on any atom is -0.380 e. The van der Waals surface area contributed by atoms with E-state index >= 15 is 0 Å². The number of carbonyl (C=O) groups excluding carboxylic acids is 1. The quantitative estimate of drug-likeness (QED) is 0.623. The summed E-state index contributed by atoms with van der Waals surface area (Å²) in [5.41, 5.74) is 0.914. The molecular weight excluding hydrogens is 270 g/mol. The van der Waals surface area contributed by atoms with E-state index in [-0.39, 0.29) is 17.0 Å². The summed E-state index contributed by atoms with van der Waals surface area (Å²) >= 11 is 0. The third-order valence-electron chi connectivity index (χ3n) is 2.98. The Morgan fingerprint density at radius 3 is 2.52 bits per heavy atom. The minimum atomic E-state index is -0.459. The molecule has 0 heterocycles. The second-order valence-corrected chi connectivity index (χ2v) is 6.09. The third-order valence-corrected chi connectivity index (χ3v) is 2.98. The van der Waals surface area contributed by atoms with E-state index in [4.69, 9.17) is 0 Å². The monoisotopic (exact) mass is 293 g/mol. The lowest BCUT2D eigenvalue weighted by Crippen LogP contribution is -2.27. The molecule has 2 N–H and O–H groups in total. The zero-order valence-corrected chi connectivity index (χ0v) is 13.0. The van der Waals surface area contributed by atoms with E-state index in [1.54, 1.807) is 0 Å². The number of nitro benzene ring substituents is 1. The molecule has 1 amide bonds. The summed E-state index contributed by atoms with van der Waals surface area (Å²) in [5, 5.41) is 16.7. The minimum absolute atomic E-state index is 0.0249. The number of hydrogen-bond acceptors (Lipinski definition) is 4. The number of amides is 1. The van der Waals surface area contributed by atoms with Crippen LogP contribution in [-0.4, -0.2) is 23.9 Å². The second-order valence-electron chi connectivity index (χ2n) is 6.09. The van der Waals surface area contributed by atoms with Crippen LogP contribution in [0.5, 0.6) is 0 Å². The van der Waals surface area contributed by atoms with Gasteiger partial charge in [-0.3, -0.25) is 14.9 Å². The molecule has 0 aliphatic heterocycles. The van der Waals surface area contributed by atoms with Crippen molar-refractivity contribution in [2.45, 2.75) is 34.1 Å². The molecule has 0 atom stereocenters. The van der Waals surface area contributed by atoms with Crippen LogP contribution in [0.4, 0.5) is 11.4 Å². The summed E-state index contributed by atoms with van der Waals surface area (Å²) < 4.78 is 0. The Bertz CT molecular complexity index is 521. The third kappa shape index (κ3) is 5.41. The van der Waals surface area contributed by atoms with Crippen LogP contribution >= 0.6 is 0 Å². The summed E-state index contributed by atoms with van der Waals surface area (Å²) in [6.07, 6.45) is 0.867. The fraction of sp³-hybridized carbons (Fsp3) is 0.533. The number of nitrogens with one attached hydrogen (secondary N) is 2. The largest absolute Gasteiger partial charge is 0.380 e. The first-order chi connectivity index (χ1) is 9.74. The molecule has 21 heavy (non-hydrogen) atoms. The SMILES string of the molecule is CCNc1cc(C(=O)NCCC(C)(C)C)ccc1[N+](=O)[O-]. The van der Waals surface area contributed by atoms with Crippen molar-refractivity contribution in [2.75, 3.05) is 18.4 Å². The molecule has 0 aliphatic rings. The van der Waals surface area contributed by atoms with Gasteiger partial charge in [0.2, 0.25) is 0 Å². The van der Waals surface area contributed by atoms with Gasteiger partial charge in [0, 0.05) is 24.7 Å². The first kappa shape index (κ1) is 16.9. The van der Waals surface area contributed by atoms with Gasteiger partial charge in [0.1, 0.15) is 5.69 Å². The molecule has 0 saturated carbocycles. The van der Waals surface area contributed by atoms with Crippen LogP contribution in [0, 0.1) is 15.5 Å². The highest BCUT2D eigenvalue weighted by molar-refractivity contribution is 5.95. The lowest BCUT2D eigenvalue weighted by molar-refractivity contribution is -0.384. The van der Waals surface area contributed by atoms with E-state index in [2.05, 4.69) is 31.4 Å². The Kier molecular flexibility index (Phi) is 5.69. The molecule has 0 fully saturated rings. The average molecular weight is 293 g/mol. The van der Waals surface area contributed by atoms with Gasteiger partial charge < -0.3 is 10.6 Å². The number of nitrogens with zero attached hydrogens (tertiary/aromatic N) is 1. The Hall–Kier alpha value is -2.11. The predicted octanol–water partition coefficient (Wildman–Crippen LogP) is 3.19. The number of carbonyl (C=O) groups is 1. The molecule has 1 aromatic rings. The summed E-state index contributed by atoms with van der Waals surface area (Å²) in [6, 6.07) is 4.36. The number of benzene rings is 1. The highest BCUT2D eigenvalue weighted by Gasteiger charge is 2.17. The Labute approximate surface area is 125 Å². The topological polar surface area (TPSA) is 84.3 Å². The van der Waals surface area contributed by atoms with Gasteiger partial charge in [-0.25, -0.2) is 0 Å². The summed E-state index contributed by atoms with van der Waals surface area (Å²) in [7, 11) is 0. The predicted molar refractivity (Wildman–Crippen MR) is 83.7 cm³/mol. The maximum atomic E-state index is 12.1. The van der Waals surface area contributed by atoms with Gasteiger partial charge >= 0.3 is 0 Å². The van der Waals surface area contributed by atoms with E-state index in [0.29, 0.717) is 24.3 Å². The summed E-state index contributed by atoms with van der Waals surface area (Å²) in [4.78, 5) is 22.5. The normalized spacial score (nSPS) is 11.0. The maximum absolute atomic E-state index is 12.1. The molecule has 6 nitrogen and oxygen atoms in total. The zero-order chi connectivity index (χ0) is 16.0. The first-order valence-corrected chi connectivity index (χ1v) is 7.05. The average Bonchev–Trinajstić information content (AvgIpc) is 2.37. The Balaban J connectivity index is 2.81. The van der Waals surface area contributed by atoms with Crippen molar-refractivity contribution in [1.29, 1.82) is 0 Å². The van der Waals surface area contributed by atoms with Gasteiger partial charge in [0.05, 0.1) is 4.92 Å². The van der Waals surface area contributed by atoms with E-state index in [1.807, 2.05) is 6.92 Å². The highest BCUT2D eigenvalue weighted by Crippen LogP contribution is 2.25. The van der Waals surface area contributed by atoms with Crippen molar-refractivity contribution in [3.63, 3.8) is 0 Å². The molecule has 116 valence electrons. The molecule has 0 saturated heterocycles. The van der Waals surface area contributed by atoms with Gasteiger partial charge in [-0.15, -0.1) is 0 Å². The van der Waals surface area contributed by atoms with E-state index in [0.717, 1.165) is 6.42 Å². The van der Waals surface area contributed by atoms with Crippen molar-refractivity contribution in [3.8, 4) is 0 Å². The molecule has 0 aliphatic carbocycles. The van der Waals surface area contributed by atoms with Crippen LogP contribution in [0.3, 0.4) is 0 Å². The van der Waals surface area contributed by atoms with Crippen molar-refractivity contribution in [1.82, 2.24) is 5.32 Å². The van der Waals surface area contributed by atoms with Crippen molar-refractivity contribution >= 4 is 17.3 Å². The van der Waals surface area contributed by atoms with Gasteiger partial charge in [0.15, 0.2) is 0 Å². The molecule has 0 aromatic heterocycles. The van der Waals surface area contributed by atoms with Crippen molar-refractivity contribution in [2.24, 2.45) is 5.41 Å². The van der Waals surface area contributed by atoms with Gasteiger partial charge in [-0.2, -0.15) is 0 Å². The molecule has 0 bridgehead atoms. The van der Waals surface area contributed by atoms with Gasteiger partial charge in [-0.05, 0) is 30.9 Å². The fourth-order valence-electron chi connectivity index (χ4n) is 1.82. The number of anilines is 1. The molecule has 1 rings (SSSR count). The van der Waals surface area contributed by atoms with E-state index in [1.165, 1.54) is 18.2 Å². The Morgan fingerprint density at radius 2 is 2.00 bits per heavy atom. The van der Waals surface area contributed by atoms with Gasteiger partial charge in [0.25, 0.3) is 11.6 Å². The maximum Gasteiger partial charge on any atom is 0.292 e. The molecule has 6 heteroatoms. The molecule has 0 radical (unpaired) electrons. The number of rotatable bonds is 6. The Morgan fingerprint density at radius 1 is 1.33 bits per heavy atom. The van der Waals surface area contributed by atoms with Crippen molar-refractivity contribution < 1.29 is 9.72 Å². The van der Waals surface area contributed by atoms with Crippen LogP contribution in [0.2, 0.25) is 0 Å². The van der Waals surface area contributed by atoms with Crippen LogP contribution in [0.25, 0.3) is 0 Å². The van der Waals surface area contributed by atoms with Gasteiger partial charge in [-0.1, -0.05) is 20.8 Å². The highest BCUT2D eigenvalue weighted by atomic mass is 16.6. The second kappa shape index (κ2) is 7.06. The summed E-state index contributed by atoms with van der Waals surface area (Å²) in [6.45, 7) is 9.29. The fourth-order valence-corrected chi connectivity index (χ4v) is 1.82. The number of nitro groups is 1. The number of hydrogen-bond donors (Lipinski definition) is 2. The molecule has 0 spiro atoms. The van der Waals surface area contributed by atoms with E-state index < -0.39 is 4.92 Å². The van der Waals surface area contributed by atoms with Crippen LogP contribution in [0.15, 0.2) is 18.2 Å². The molecular formula is C15H23N3O3. The van der Waals surface area contributed by atoms with Crippen LogP contribution < -0.4 is 10.6 Å². The van der Waals surface area contributed by atoms with E-state index in [9.17, 15) is 14.9 Å². The first-order valence-electron chi connectivity index (χ1n) is 7.05. The zero-order valence-electron chi connectivity index (χ0n) is 13.0. The summed E-state index contributed by atoms with van der Waals surface area (Å²) in [5.74, 6) is -0.215. The standard InChI is InChI=1S/C15H23N3O3/c1-5-16-12-10-11(6-7-13(12)18(20)21)14(19)17-9-8-15(2,3)4/h6-7,10,16H,5,8-9H2,1-4H3,(H,17,19). The van der Waals surface area contributed by atoms with Crippen LogP contribution in [-0.2, 0) is 0 Å². The van der Waals surface area contributed by atoms with Crippen molar-refractivity contribution in [3.05, 3.63) is 33.9 Å². The smallest absolute Gasteiger partial charge is 0.292 e. The lowest BCUT2D eigenvalue weighted by Gasteiger charge is -2.18. The lowest BCUT2D eigenvalue weighted by atomic mass is 9.92. The molecule has 0 unspecified atom stereocenters. The molecule has 1 aromatic carbocycles. The van der Waals surface area contributed by atoms with Crippen LogP contribution in [0.1, 0.15) is 44.5 Å².